The number of nitrogens with two attached hydrogens (primary N) is 1. The first-order valence-electron chi connectivity index (χ1n) is 6.01. The molecule has 0 aliphatic rings. The summed E-state index contributed by atoms with van der Waals surface area (Å²) in [6.45, 7) is 0. The Morgan fingerprint density at radius 3 is 2.50 bits per heavy atom. The Balaban J connectivity index is 1.97. The first kappa shape index (κ1) is 12.1. The van der Waals surface area contributed by atoms with Gasteiger partial charge in [0, 0.05) is 17.1 Å². The van der Waals surface area contributed by atoms with Crippen LogP contribution in [0, 0.1) is 0 Å². The Labute approximate surface area is 114 Å². The molecule has 4 N–H and O–H groups in total. The van der Waals surface area contributed by atoms with E-state index in [1.165, 1.54) is 0 Å². The summed E-state index contributed by atoms with van der Waals surface area (Å²) in [5, 5.41) is 9.94. The van der Waals surface area contributed by atoms with Crippen molar-refractivity contribution in [3.8, 4) is 17.2 Å². The Hall–Kier alpha value is -2.95. The minimum atomic E-state index is -0.488. The maximum absolute atomic E-state index is 11.3. The smallest absolute Gasteiger partial charge is 0.250 e. The van der Waals surface area contributed by atoms with Crippen molar-refractivity contribution in [1.82, 2.24) is 4.98 Å². The Bertz CT molecular complexity index is 775. The van der Waals surface area contributed by atoms with Crippen LogP contribution in [0.2, 0.25) is 0 Å². The van der Waals surface area contributed by atoms with Crippen molar-refractivity contribution in [1.29, 1.82) is 0 Å². The molecular formula is C15H12N2O3. The molecular weight excluding hydrogens is 256 g/mol. The van der Waals surface area contributed by atoms with Crippen molar-refractivity contribution in [2.75, 3.05) is 0 Å². The maximum atomic E-state index is 11.3. The van der Waals surface area contributed by atoms with E-state index in [1.807, 2.05) is 6.07 Å². The van der Waals surface area contributed by atoms with Gasteiger partial charge < -0.3 is 20.6 Å². The van der Waals surface area contributed by atoms with E-state index >= 15 is 0 Å². The molecule has 1 aromatic heterocycles. The predicted octanol–water partition coefficient (Wildman–Crippen LogP) is 2.76. The largest absolute Gasteiger partial charge is 0.508 e. The number of carbonyl (C=O) groups excluding carboxylic acids is 1. The number of hydrogen-bond acceptors (Lipinski definition) is 3. The second-order valence-corrected chi connectivity index (χ2v) is 4.37. The zero-order valence-corrected chi connectivity index (χ0v) is 10.5. The van der Waals surface area contributed by atoms with Crippen molar-refractivity contribution in [3.05, 3.63) is 54.2 Å². The van der Waals surface area contributed by atoms with Gasteiger partial charge in [-0.15, -0.1) is 0 Å². The number of primary amides is 1. The highest BCUT2D eigenvalue weighted by atomic mass is 16.5. The molecule has 20 heavy (non-hydrogen) atoms. The highest BCUT2D eigenvalue weighted by Gasteiger charge is 2.09. The number of ether oxygens (including phenoxy) is 1. The number of nitrogens with one attached hydrogen (secondary N) is 1. The van der Waals surface area contributed by atoms with E-state index < -0.39 is 5.91 Å². The molecule has 0 atom stereocenters. The van der Waals surface area contributed by atoms with Gasteiger partial charge in [0.2, 0.25) is 0 Å². The molecule has 0 unspecified atom stereocenters. The van der Waals surface area contributed by atoms with Crippen LogP contribution >= 0.6 is 0 Å². The first-order chi connectivity index (χ1) is 9.63. The number of aromatic amines is 1. The van der Waals surface area contributed by atoms with Gasteiger partial charge in [0.25, 0.3) is 5.91 Å². The number of aromatic nitrogens is 1. The van der Waals surface area contributed by atoms with Gasteiger partial charge in [-0.3, -0.25) is 4.79 Å². The summed E-state index contributed by atoms with van der Waals surface area (Å²) in [6, 6.07) is 11.8. The average molecular weight is 268 g/mol. The number of fused-ring (bicyclic) bond motifs is 1. The van der Waals surface area contributed by atoms with Crippen LogP contribution in [0.4, 0.5) is 0 Å². The molecule has 2 aromatic carbocycles. The van der Waals surface area contributed by atoms with Gasteiger partial charge in [0.05, 0.1) is 5.56 Å². The van der Waals surface area contributed by atoms with Crippen LogP contribution in [-0.2, 0) is 0 Å². The lowest BCUT2D eigenvalue weighted by Gasteiger charge is -2.06. The maximum Gasteiger partial charge on any atom is 0.250 e. The fraction of sp³-hybridized carbons (Fsp3) is 0. The van der Waals surface area contributed by atoms with Crippen molar-refractivity contribution in [2.24, 2.45) is 5.73 Å². The van der Waals surface area contributed by atoms with Crippen LogP contribution in [0.3, 0.4) is 0 Å². The molecule has 0 saturated heterocycles. The quantitative estimate of drug-likeness (QED) is 0.682. The van der Waals surface area contributed by atoms with Crippen LogP contribution < -0.4 is 10.5 Å². The van der Waals surface area contributed by atoms with Crippen LogP contribution in [0.5, 0.6) is 17.2 Å². The molecule has 1 amide bonds. The van der Waals surface area contributed by atoms with E-state index in [-0.39, 0.29) is 5.75 Å². The minimum absolute atomic E-state index is 0.175. The van der Waals surface area contributed by atoms with Gasteiger partial charge in [0.1, 0.15) is 17.2 Å². The number of aromatic hydroxyl groups is 1. The van der Waals surface area contributed by atoms with Gasteiger partial charge >= 0.3 is 0 Å². The zero-order chi connectivity index (χ0) is 14.1. The third kappa shape index (κ3) is 2.16. The summed E-state index contributed by atoms with van der Waals surface area (Å²) in [5.41, 5.74) is 6.56. The highest BCUT2D eigenvalue weighted by Crippen LogP contribution is 2.28. The summed E-state index contributed by atoms with van der Waals surface area (Å²) < 4.78 is 5.67. The molecule has 0 spiro atoms. The van der Waals surface area contributed by atoms with Crippen LogP contribution in [0.15, 0.2) is 48.7 Å². The lowest BCUT2D eigenvalue weighted by atomic mass is 10.1. The molecule has 5 heteroatoms. The molecule has 0 saturated carbocycles. The summed E-state index contributed by atoms with van der Waals surface area (Å²) in [7, 11) is 0. The topological polar surface area (TPSA) is 88.3 Å². The normalized spacial score (nSPS) is 10.6. The minimum Gasteiger partial charge on any atom is -0.508 e. The molecule has 0 fully saturated rings. The number of amides is 1. The standard InChI is InChI=1S/C15H12N2O3/c16-15(19)13-8-17-14-6-5-11(7-12(13)14)20-10-3-1-9(18)2-4-10/h1-8,17-18H,(H2,16,19). The van der Waals surface area contributed by atoms with Crippen LogP contribution in [0.25, 0.3) is 10.9 Å². The Morgan fingerprint density at radius 2 is 1.80 bits per heavy atom. The first-order valence-corrected chi connectivity index (χ1v) is 6.01. The summed E-state index contributed by atoms with van der Waals surface area (Å²) >= 11 is 0. The molecule has 3 rings (SSSR count). The molecule has 100 valence electrons. The van der Waals surface area contributed by atoms with E-state index in [1.54, 1.807) is 42.6 Å². The monoisotopic (exact) mass is 268 g/mol. The van der Waals surface area contributed by atoms with Gasteiger partial charge in [-0.2, -0.15) is 0 Å². The third-order valence-corrected chi connectivity index (χ3v) is 2.99. The fourth-order valence-electron chi connectivity index (χ4n) is 2.02. The molecule has 0 bridgehead atoms. The van der Waals surface area contributed by atoms with E-state index in [0.717, 1.165) is 5.52 Å². The molecule has 1 heterocycles. The number of phenols is 1. The van der Waals surface area contributed by atoms with Crippen LogP contribution in [0.1, 0.15) is 10.4 Å². The number of phenolic OH excluding ortho intramolecular Hbond substituents is 1. The van der Waals surface area contributed by atoms with E-state index in [2.05, 4.69) is 4.98 Å². The fourth-order valence-corrected chi connectivity index (χ4v) is 2.02. The van der Waals surface area contributed by atoms with Gasteiger partial charge in [-0.25, -0.2) is 0 Å². The lowest BCUT2D eigenvalue weighted by Crippen LogP contribution is -2.09. The van der Waals surface area contributed by atoms with Crippen molar-refractivity contribution < 1.29 is 14.6 Å². The lowest BCUT2D eigenvalue weighted by molar-refractivity contribution is 0.100. The van der Waals surface area contributed by atoms with Gasteiger partial charge in [-0.1, -0.05) is 0 Å². The Morgan fingerprint density at radius 1 is 1.10 bits per heavy atom. The van der Waals surface area contributed by atoms with E-state index in [0.29, 0.717) is 22.4 Å². The van der Waals surface area contributed by atoms with E-state index in [9.17, 15) is 9.90 Å². The molecule has 0 aliphatic heterocycles. The number of hydrogen-bond donors (Lipinski definition) is 3. The summed E-state index contributed by atoms with van der Waals surface area (Å²) in [5.74, 6) is 0.871. The van der Waals surface area contributed by atoms with Gasteiger partial charge in [-0.05, 0) is 42.5 Å². The summed E-state index contributed by atoms with van der Waals surface area (Å²) in [6.07, 6.45) is 1.58. The zero-order valence-electron chi connectivity index (χ0n) is 10.5. The second kappa shape index (κ2) is 4.62. The van der Waals surface area contributed by atoms with E-state index in [4.69, 9.17) is 10.5 Å². The second-order valence-electron chi connectivity index (χ2n) is 4.37. The molecule has 0 radical (unpaired) electrons. The van der Waals surface area contributed by atoms with Gasteiger partial charge in [0.15, 0.2) is 0 Å². The predicted molar refractivity (Wildman–Crippen MR) is 75.0 cm³/mol. The average Bonchev–Trinajstić information content (AvgIpc) is 2.84. The number of H-pyrrole nitrogens is 1. The van der Waals surface area contributed by atoms with Crippen molar-refractivity contribution in [3.63, 3.8) is 0 Å². The Kier molecular flexibility index (Phi) is 2.80. The third-order valence-electron chi connectivity index (χ3n) is 2.99. The number of benzene rings is 2. The van der Waals surface area contributed by atoms with Crippen molar-refractivity contribution in [2.45, 2.75) is 0 Å². The molecule has 0 aliphatic carbocycles. The molecule has 5 nitrogen and oxygen atoms in total. The van der Waals surface area contributed by atoms with Crippen molar-refractivity contribution >= 4 is 16.8 Å². The molecule has 3 aromatic rings. The SMILES string of the molecule is NC(=O)c1c[nH]c2ccc(Oc3ccc(O)cc3)cc12. The number of rotatable bonds is 3. The van der Waals surface area contributed by atoms with Crippen LogP contribution in [-0.4, -0.2) is 16.0 Å². The number of carbonyl (C=O) groups is 1. The summed E-state index contributed by atoms with van der Waals surface area (Å²) in [4.78, 5) is 14.3. The highest BCUT2D eigenvalue weighted by molar-refractivity contribution is 6.06.